The Bertz CT molecular complexity index is 667. The molecule has 0 saturated carbocycles. The van der Waals surface area contributed by atoms with Gasteiger partial charge in [-0.05, 0) is 31.5 Å². The van der Waals surface area contributed by atoms with E-state index in [1.54, 1.807) is 32.0 Å². The summed E-state index contributed by atoms with van der Waals surface area (Å²) < 4.78 is 1.18. The molecule has 1 heterocycles. The van der Waals surface area contributed by atoms with Crippen LogP contribution in [0.25, 0.3) is 10.9 Å². The largest absolute Gasteiger partial charge is 0.392 e. The zero-order chi connectivity index (χ0) is 12.6. The van der Waals surface area contributed by atoms with E-state index in [1.165, 1.54) is 4.57 Å². The first-order chi connectivity index (χ1) is 8.04. The molecule has 90 valence electrons. The average Bonchev–Trinajstić information content (AvgIpc) is 2.27. The number of aromatic nitrogens is 2. The predicted octanol–water partition coefficient (Wildman–Crippen LogP) is 0.763. The van der Waals surface area contributed by atoms with Crippen molar-refractivity contribution in [2.75, 3.05) is 0 Å². The van der Waals surface area contributed by atoms with Crippen molar-refractivity contribution in [1.82, 2.24) is 9.55 Å². The molecular weight excluding hydrogens is 220 g/mol. The highest BCUT2D eigenvalue weighted by atomic mass is 16.3. The summed E-state index contributed by atoms with van der Waals surface area (Å²) in [7, 11) is 0. The van der Waals surface area contributed by atoms with Gasteiger partial charge in [-0.1, -0.05) is 6.07 Å². The van der Waals surface area contributed by atoms with E-state index < -0.39 is 5.69 Å². The molecule has 0 aliphatic carbocycles. The molecule has 2 aromatic rings. The summed E-state index contributed by atoms with van der Waals surface area (Å²) in [5, 5.41) is 9.46. The van der Waals surface area contributed by atoms with E-state index in [-0.39, 0.29) is 18.2 Å². The number of rotatable bonds is 2. The molecule has 5 nitrogen and oxygen atoms in total. The normalized spacial score (nSPS) is 11.3. The number of nitrogens with zero attached hydrogens (tertiary/aromatic N) is 1. The Balaban J connectivity index is 2.86. The minimum atomic E-state index is -0.424. The van der Waals surface area contributed by atoms with Crippen molar-refractivity contribution in [2.45, 2.75) is 26.5 Å². The lowest BCUT2D eigenvalue weighted by Gasteiger charge is -2.09. The monoisotopic (exact) mass is 234 g/mol. The maximum absolute atomic E-state index is 12.1. The Morgan fingerprint density at radius 1 is 1.35 bits per heavy atom. The lowest BCUT2D eigenvalue weighted by atomic mass is 10.1. The minimum Gasteiger partial charge on any atom is -0.392 e. The molecule has 0 radical (unpaired) electrons. The van der Waals surface area contributed by atoms with E-state index in [0.29, 0.717) is 16.5 Å². The van der Waals surface area contributed by atoms with E-state index >= 15 is 0 Å². The third-order valence-electron chi connectivity index (χ3n) is 2.69. The highest BCUT2D eigenvalue weighted by Crippen LogP contribution is 2.09. The molecule has 2 rings (SSSR count). The molecule has 0 fully saturated rings. The van der Waals surface area contributed by atoms with Gasteiger partial charge in [-0.3, -0.25) is 9.36 Å². The SMILES string of the molecule is CC(C)n1c(=O)[nH]c2cc(CO)ccc2c1=O. The number of aromatic amines is 1. The molecule has 0 amide bonds. The van der Waals surface area contributed by atoms with Crippen LogP contribution in [-0.4, -0.2) is 14.7 Å². The molecule has 17 heavy (non-hydrogen) atoms. The van der Waals surface area contributed by atoms with Crippen molar-refractivity contribution in [1.29, 1.82) is 0 Å². The highest BCUT2D eigenvalue weighted by Gasteiger charge is 2.10. The van der Waals surface area contributed by atoms with Gasteiger partial charge in [-0.25, -0.2) is 4.79 Å². The Hall–Kier alpha value is -1.88. The van der Waals surface area contributed by atoms with Gasteiger partial charge in [0, 0.05) is 6.04 Å². The maximum Gasteiger partial charge on any atom is 0.329 e. The predicted molar refractivity (Wildman–Crippen MR) is 65.1 cm³/mol. The molecular formula is C12H14N2O3. The number of hydrogen-bond acceptors (Lipinski definition) is 3. The topological polar surface area (TPSA) is 75.1 Å². The fourth-order valence-electron chi connectivity index (χ4n) is 1.85. The molecule has 2 N–H and O–H groups in total. The van der Waals surface area contributed by atoms with Gasteiger partial charge in [0.1, 0.15) is 0 Å². The van der Waals surface area contributed by atoms with Crippen LogP contribution < -0.4 is 11.2 Å². The van der Waals surface area contributed by atoms with Gasteiger partial charge in [-0.2, -0.15) is 0 Å². The quantitative estimate of drug-likeness (QED) is 0.805. The second kappa shape index (κ2) is 4.18. The van der Waals surface area contributed by atoms with Gasteiger partial charge >= 0.3 is 5.69 Å². The molecule has 0 atom stereocenters. The summed E-state index contributed by atoms with van der Waals surface area (Å²) >= 11 is 0. The molecule has 1 aromatic carbocycles. The summed E-state index contributed by atoms with van der Waals surface area (Å²) in [5.41, 5.74) is 0.397. The van der Waals surface area contributed by atoms with E-state index in [1.807, 2.05) is 0 Å². The fraction of sp³-hybridized carbons (Fsp3) is 0.333. The molecule has 0 spiro atoms. The first-order valence-corrected chi connectivity index (χ1v) is 5.43. The lowest BCUT2D eigenvalue weighted by Crippen LogP contribution is -2.36. The summed E-state index contributed by atoms with van der Waals surface area (Å²) in [4.78, 5) is 26.5. The van der Waals surface area contributed by atoms with E-state index in [0.717, 1.165) is 0 Å². The van der Waals surface area contributed by atoms with Crippen molar-refractivity contribution >= 4 is 10.9 Å². The smallest absolute Gasteiger partial charge is 0.329 e. The number of nitrogens with one attached hydrogen (secondary N) is 1. The first kappa shape index (κ1) is 11.6. The molecule has 0 aliphatic rings. The Morgan fingerprint density at radius 2 is 2.06 bits per heavy atom. The fourth-order valence-corrected chi connectivity index (χ4v) is 1.85. The zero-order valence-corrected chi connectivity index (χ0v) is 9.73. The standard InChI is InChI=1S/C12H14N2O3/c1-7(2)14-11(16)9-4-3-8(6-15)5-10(9)13-12(14)17/h3-5,7,15H,6H2,1-2H3,(H,13,17). The van der Waals surface area contributed by atoms with Crippen molar-refractivity contribution in [3.8, 4) is 0 Å². The molecule has 0 aliphatic heterocycles. The number of aliphatic hydroxyl groups excluding tert-OH is 1. The van der Waals surface area contributed by atoms with Gasteiger partial charge < -0.3 is 10.1 Å². The van der Waals surface area contributed by atoms with Gasteiger partial charge in [-0.15, -0.1) is 0 Å². The lowest BCUT2D eigenvalue weighted by molar-refractivity contribution is 0.282. The third kappa shape index (κ3) is 1.89. The molecule has 0 bridgehead atoms. The third-order valence-corrected chi connectivity index (χ3v) is 2.69. The molecule has 0 unspecified atom stereocenters. The van der Waals surface area contributed by atoms with Crippen LogP contribution in [0.4, 0.5) is 0 Å². The van der Waals surface area contributed by atoms with Crippen molar-refractivity contribution in [3.05, 3.63) is 44.6 Å². The van der Waals surface area contributed by atoms with E-state index in [9.17, 15) is 9.59 Å². The summed E-state index contributed by atoms with van der Waals surface area (Å²) in [6.07, 6.45) is 0. The highest BCUT2D eigenvalue weighted by molar-refractivity contribution is 5.77. The number of H-pyrrole nitrogens is 1. The van der Waals surface area contributed by atoms with Crippen LogP contribution in [0.3, 0.4) is 0 Å². The van der Waals surface area contributed by atoms with Crippen molar-refractivity contribution in [3.63, 3.8) is 0 Å². The van der Waals surface area contributed by atoms with Gasteiger partial charge in [0.25, 0.3) is 5.56 Å². The minimum absolute atomic E-state index is 0.120. The van der Waals surface area contributed by atoms with E-state index in [2.05, 4.69) is 4.98 Å². The summed E-state index contributed by atoms with van der Waals surface area (Å²) in [6, 6.07) is 4.72. The summed E-state index contributed by atoms with van der Waals surface area (Å²) in [6.45, 7) is 3.44. The Kier molecular flexibility index (Phi) is 2.85. The molecule has 5 heteroatoms. The van der Waals surface area contributed by atoms with Crippen LogP contribution in [0.1, 0.15) is 25.5 Å². The Morgan fingerprint density at radius 3 is 2.65 bits per heavy atom. The van der Waals surface area contributed by atoms with Gasteiger partial charge in [0.15, 0.2) is 0 Å². The number of aliphatic hydroxyl groups is 1. The number of hydrogen-bond donors (Lipinski definition) is 2. The zero-order valence-electron chi connectivity index (χ0n) is 9.73. The second-order valence-corrected chi connectivity index (χ2v) is 4.24. The van der Waals surface area contributed by atoms with Crippen LogP contribution in [-0.2, 0) is 6.61 Å². The van der Waals surface area contributed by atoms with Crippen LogP contribution in [0, 0.1) is 0 Å². The van der Waals surface area contributed by atoms with E-state index in [4.69, 9.17) is 5.11 Å². The first-order valence-electron chi connectivity index (χ1n) is 5.43. The Labute approximate surface area is 97.3 Å². The average molecular weight is 234 g/mol. The van der Waals surface area contributed by atoms with Crippen molar-refractivity contribution in [2.24, 2.45) is 0 Å². The number of fused-ring (bicyclic) bond motifs is 1. The molecule has 0 saturated heterocycles. The van der Waals surface area contributed by atoms with Gasteiger partial charge in [0.2, 0.25) is 0 Å². The van der Waals surface area contributed by atoms with Crippen LogP contribution in [0.2, 0.25) is 0 Å². The summed E-state index contributed by atoms with van der Waals surface area (Å²) in [5.74, 6) is 0. The van der Waals surface area contributed by atoms with Crippen LogP contribution in [0.15, 0.2) is 27.8 Å². The van der Waals surface area contributed by atoms with Crippen LogP contribution >= 0.6 is 0 Å². The number of benzene rings is 1. The van der Waals surface area contributed by atoms with Gasteiger partial charge in [0.05, 0.1) is 17.5 Å². The van der Waals surface area contributed by atoms with Crippen molar-refractivity contribution < 1.29 is 5.11 Å². The second-order valence-electron chi connectivity index (χ2n) is 4.24. The maximum atomic E-state index is 12.1. The van der Waals surface area contributed by atoms with Crippen LogP contribution in [0.5, 0.6) is 0 Å². The molecule has 1 aromatic heterocycles.